The highest BCUT2D eigenvalue weighted by Crippen LogP contribution is 2.43. The first-order valence-electron chi connectivity index (χ1n) is 13.7. The Morgan fingerprint density at radius 2 is 1.44 bits per heavy atom. The third kappa shape index (κ3) is 3.61. The zero-order valence-corrected chi connectivity index (χ0v) is 22.4. The topological polar surface area (TPSA) is 30.9 Å². The van der Waals surface area contributed by atoms with Crippen LogP contribution in [0, 0.1) is 0 Å². The number of nitrogens with zero attached hydrogens (tertiary/aromatic N) is 1. The Morgan fingerprint density at radius 3 is 2.21 bits per heavy atom. The average molecular weight is 521 g/mol. The van der Waals surface area contributed by atoms with Crippen LogP contribution in [0.3, 0.4) is 0 Å². The van der Waals surface area contributed by atoms with Crippen LogP contribution in [0.15, 0.2) is 121 Å². The predicted molar refractivity (Wildman–Crippen MR) is 167 cm³/mol. The lowest BCUT2D eigenvalue weighted by molar-refractivity contribution is 0.826. The lowest BCUT2D eigenvalue weighted by Gasteiger charge is -2.22. The lowest BCUT2D eigenvalue weighted by atomic mass is 9.85. The number of benzene rings is 4. The number of aromatic nitrogens is 1. The van der Waals surface area contributed by atoms with Gasteiger partial charge in [0.05, 0.1) is 11.0 Å². The van der Waals surface area contributed by atoms with Crippen molar-refractivity contribution >= 4 is 49.3 Å². The zero-order chi connectivity index (χ0) is 25.9. The van der Waals surface area contributed by atoms with Crippen LogP contribution < -0.4 is 5.73 Å². The summed E-state index contributed by atoms with van der Waals surface area (Å²) in [7, 11) is 0. The number of para-hydroxylation sites is 3. The molecule has 0 saturated carbocycles. The number of rotatable bonds is 3. The summed E-state index contributed by atoms with van der Waals surface area (Å²) in [6, 6.07) is 33.6. The molecule has 8 rings (SSSR count). The third-order valence-corrected chi connectivity index (χ3v) is 9.64. The van der Waals surface area contributed by atoms with Crippen molar-refractivity contribution in [1.29, 1.82) is 0 Å². The highest BCUT2D eigenvalue weighted by atomic mass is 32.1. The monoisotopic (exact) mass is 520 g/mol. The van der Waals surface area contributed by atoms with E-state index in [0.717, 1.165) is 18.5 Å². The lowest BCUT2D eigenvalue weighted by Crippen LogP contribution is -2.09. The number of allylic oxidation sites excluding steroid dienone is 4. The molecule has 188 valence electrons. The van der Waals surface area contributed by atoms with Crippen molar-refractivity contribution in [2.75, 3.05) is 0 Å². The van der Waals surface area contributed by atoms with Crippen LogP contribution in [0.4, 0.5) is 0 Å². The summed E-state index contributed by atoms with van der Waals surface area (Å²) in [5.74, 6) is 0.704. The quantitative estimate of drug-likeness (QED) is 0.248. The summed E-state index contributed by atoms with van der Waals surface area (Å²) in [5.41, 5.74) is 14.9. The molecule has 0 amide bonds. The highest BCUT2D eigenvalue weighted by Gasteiger charge is 2.24. The molecule has 2 atom stereocenters. The fourth-order valence-corrected chi connectivity index (χ4v) is 7.67. The molecule has 39 heavy (non-hydrogen) atoms. The van der Waals surface area contributed by atoms with Crippen LogP contribution in [0.1, 0.15) is 39.8 Å². The maximum Gasteiger partial charge on any atom is 0.0541 e. The van der Waals surface area contributed by atoms with Crippen molar-refractivity contribution in [3.63, 3.8) is 0 Å². The minimum Gasteiger partial charge on any atom is -0.399 e. The van der Waals surface area contributed by atoms with Crippen molar-refractivity contribution in [2.24, 2.45) is 5.73 Å². The molecule has 3 heteroatoms. The molecular formula is C36H28N2S. The van der Waals surface area contributed by atoms with Gasteiger partial charge in [-0.3, -0.25) is 0 Å². The number of hydrogen-bond donors (Lipinski definition) is 1. The maximum absolute atomic E-state index is 5.99. The van der Waals surface area contributed by atoms with Crippen LogP contribution in [0.2, 0.25) is 0 Å². The Kier molecular flexibility index (Phi) is 5.14. The normalized spacial score (nSPS) is 18.6. The van der Waals surface area contributed by atoms with E-state index >= 15 is 0 Å². The van der Waals surface area contributed by atoms with Gasteiger partial charge in [0.15, 0.2) is 0 Å². The second kappa shape index (κ2) is 8.86. The summed E-state index contributed by atoms with van der Waals surface area (Å²) < 4.78 is 3.83. The van der Waals surface area contributed by atoms with Gasteiger partial charge in [-0.1, -0.05) is 78.9 Å². The summed E-state index contributed by atoms with van der Waals surface area (Å²) in [6.07, 6.45) is 13.2. The van der Waals surface area contributed by atoms with Crippen molar-refractivity contribution in [3.05, 3.63) is 143 Å². The van der Waals surface area contributed by atoms with E-state index in [2.05, 4.69) is 120 Å². The zero-order valence-electron chi connectivity index (χ0n) is 21.5. The second-order valence-corrected chi connectivity index (χ2v) is 11.8. The highest BCUT2D eigenvalue weighted by molar-refractivity contribution is 7.20. The number of thiophene rings is 1. The number of hydrogen-bond acceptors (Lipinski definition) is 2. The minimum atomic E-state index is 0.312. The fraction of sp³-hybridized carbons (Fsp3) is 0.111. The first-order valence-corrected chi connectivity index (χ1v) is 14.5. The van der Waals surface area contributed by atoms with Crippen LogP contribution in [0.5, 0.6) is 0 Å². The van der Waals surface area contributed by atoms with Gasteiger partial charge in [-0.25, -0.2) is 0 Å². The largest absolute Gasteiger partial charge is 0.399 e. The van der Waals surface area contributed by atoms with E-state index in [-0.39, 0.29) is 0 Å². The van der Waals surface area contributed by atoms with Crippen molar-refractivity contribution in [3.8, 4) is 5.69 Å². The average Bonchev–Trinajstić information content (AvgIpc) is 3.52. The molecule has 2 aliphatic rings. The Bertz CT molecular complexity index is 1940. The first-order chi connectivity index (χ1) is 19.2. The summed E-state index contributed by atoms with van der Waals surface area (Å²) in [4.78, 5) is 1.40. The van der Waals surface area contributed by atoms with Gasteiger partial charge in [0.25, 0.3) is 0 Å². The molecule has 0 aliphatic heterocycles. The van der Waals surface area contributed by atoms with Gasteiger partial charge in [-0.05, 0) is 77.4 Å². The molecule has 0 spiro atoms. The Balaban J connectivity index is 1.24. The van der Waals surface area contributed by atoms with Crippen molar-refractivity contribution in [2.45, 2.75) is 24.7 Å². The standard InChI is InChI=1S/C36H28N2S/c37-26-17-13-23(14-18-26)24-15-19-35-30(21-24)31-22-25(16-20-36(31)39-35)27-7-1-4-10-32(27)38-33-11-5-2-8-28(33)29-9-3-6-12-34(29)38/h1-13,15-21,23,25H,14,22,37H2. The van der Waals surface area contributed by atoms with Gasteiger partial charge >= 0.3 is 0 Å². The molecule has 4 aromatic carbocycles. The molecule has 2 aromatic heterocycles. The van der Waals surface area contributed by atoms with Gasteiger partial charge in [0.2, 0.25) is 0 Å². The molecule has 2 nitrogen and oxygen atoms in total. The molecule has 0 fully saturated rings. The van der Waals surface area contributed by atoms with Gasteiger partial charge < -0.3 is 10.3 Å². The second-order valence-electron chi connectivity index (χ2n) is 10.7. The van der Waals surface area contributed by atoms with Gasteiger partial charge in [-0.15, -0.1) is 11.3 Å². The Hall–Kier alpha value is -4.34. The van der Waals surface area contributed by atoms with Crippen LogP contribution in [-0.4, -0.2) is 4.57 Å². The summed E-state index contributed by atoms with van der Waals surface area (Å²) in [6.45, 7) is 0. The molecule has 2 unspecified atom stereocenters. The number of nitrogens with two attached hydrogens (primary N) is 1. The molecule has 0 saturated heterocycles. The molecule has 0 bridgehead atoms. The molecule has 0 radical (unpaired) electrons. The van der Waals surface area contributed by atoms with Crippen LogP contribution in [0.25, 0.3) is 43.7 Å². The van der Waals surface area contributed by atoms with E-state index in [0.29, 0.717) is 11.8 Å². The van der Waals surface area contributed by atoms with Crippen molar-refractivity contribution in [1.82, 2.24) is 4.57 Å². The Labute approximate surface area is 232 Å². The molecule has 2 heterocycles. The maximum atomic E-state index is 5.99. The number of fused-ring (bicyclic) bond motifs is 6. The SMILES string of the molecule is NC1=CCC(c2ccc3sc4c(c3c2)CC(c2ccccc2-n2c3ccccc3c3ccccc32)C=C4)C=C1. The third-order valence-electron chi connectivity index (χ3n) is 8.46. The predicted octanol–water partition coefficient (Wildman–Crippen LogP) is 9.24. The molecule has 2 N–H and O–H groups in total. The van der Waals surface area contributed by atoms with E-state index in [9.17, 15) is 0 Å². The van der Waals surface area contributed by atoms with E-state index in [1.54, 1.807) is 0 Å². The smallest absolute Gasteiger partial charge is 0.0541 e. The van der Waals surface area contributed by atoms with Gasteiger partial charge in [0, 0.05) is 43.6 Å². The summed E-state index contributed by atoms with van der Waals surface area (Å²) in [5, 5.41) is 4.01. The minimum absolute atomic E-state index is 0.312. The van der Waals surface area contributed by atoms with Gasteiger partial charge in [-0.2, -0.15) is 0 Å². The van der Waals surface area contributed by atoms with Crippen molar-refractivity contribution < 1.29 is 0 Å². The Morgan fingerprint density at radius 1 is 0.718 bits per heavy atom. The molecule has 2 aliphatic carbocycles. The van der Waals surface area contributed by atoms with Crippen LogP contribution >= 0.6 is 11.3 Å². The van der Waals surface area contributed by atoms with E-state index in [1.165, 1.54) is 59.1 Å². The first kappa shape index (κ1) is 22.6. The van der Waals surface area contributed by atoms with E-state index in [4.69, 9.17) is 5.73 Å². The van der Waals surface area contributed by atoms with E-state index < -0.39 is 0 Å². The van der Waals surface area contributed by atoms with E-state index in [1.807, 2.05) is 17.4 Å². The molecular weight excluding hydrogens is 492 g/mol. The fourth-order valence-electron chi connectivity index (χ4n) is 6.54. The molecule has 6 aromatic rings. The van der Waals surface area contributed by atoms with Gasteiger partial charge in [0.1, 0.15) is 0 Å². The van der Waals surface area contributed by atoms with Crippen LogP contribution in [-0.2, 0) is 6.42 Å². The summed E-state index contributed by atoms with van der Waals surface area (Å²) >= 11 is 1.92.